The highest BCUT2D eigenvalue weighted by Crippen LogP contribution is 2.25. The normalized spacial score (nSPS) is 14.8. The van der Waals surface area contributed by atoms with Gasteiger partial charge in [-0.15, -0.1) is 0 Å². The Balaban J connectivity index is 1.77. The van der Waals surface area contributed by atoms with Crippen molar-refractivity contribution in [2.75, 3.05) is 26.7 Å². The molecule has 7 nitrogen and oxygen atoms in total. The topological polar surface area (TPSA) is 84.9 Å². The van der Waals surface area contributed by atoms with Gasteiger partial charge in [0.1, 0.15) is 6.54 Å². The van der Waals surface area contributed by atoms with Gasteiger partial charge in [-0.25, -0.2) is 4.79 Å². The minimum absolute atomic E-state index is 0.0224. The number of esters is 1. The zero-order valence-corrected chi connectivity index (χ0v) is 13.9. The van der Waals surface area contributed by atoms with Gasteiger partial charge in [-0.05, 0) is 25.0 Å². The van der Waals surface area contributed by atoms with Gasteiger partial charge >= 0.3 is 5.97 Å². The number of amides is 2. The Labute approximate surface area is 140 Å². The smallest absolute Gasteiger partial charge is 0.330 e. The fourth-order valence-corrected chi connectivity index (χ4v) is 2.62. The first-order valence-corrected chi connectivity index (χ1v) is 7.88. The van der Waals surface area contributed by atoms with Gasteiger partial charge in [0, 0.05) is 25.9 Å². The molecule has 0 aromatic heterocycles. The molecule has 1 aliphatic heterocycles. The van der Waals surface area contributed by atoms with E-state index >= 15 is 0 Å². The molecule has 1 fully saturated rings. The maximum atomic E-state index is 12.1. The minimum Gasteiger partial charge on any atom is -0.493 e. The summed E-state index contributed by atoms with van der Waals surface area (Å²) in [4.78, 5) is 37.0. The zero-order valence-electron chi connectivity index (χ0n) is 13.9. The van der Waals surface area contributed by atoms with Gasteiger partial charge in [-0.2, -0.15) is 0 Å². The van der Waals surface area contributed by atoms with Gasteiger partial charge < -0.3 is 19.7 Å². The second-order valence-electron chi connectivity index (χ2n) is 5.62. The molecule has 24 heavy (non-hydrogen) atoms. The van der Waals surface area contributed by atoms with Crippen molar-refractivity contribution in [2.24, 2.45) is 5.92 Å². The number of nitrogens with one attached hydrogen (secondary N) is 1. The lowest BCUT2D eigenvalue weighted by Crippen LogP contribution is -2.43. The van der Waals surface area contributed by atoms with E-state index in [4.69, 9.17) is 9.47 Å². The fourth-order valence-electron chi connectivity index (χ4n) is 2.62. The molecule has 2 amide bonds. The van der Waals surface area contributed by atoms with Gasteiger partial charge in [0.2, 0.25) is 11.8 Å². The number of hydrogen-bond donors (Lipinski definition) is 1. The highest BCUT2D eigenvalue weighted by molar-refractivity contribution is 5.84. The van der Waals surface area contributed by atoms with Gasteiger partial charge in [0.05, 0.1) is 7.11 Å². The van der Waals surface area contributed by atoms with E-state index in [0.29, 0.717) is 37.4 Å². The Kier molecular flexibility index (Phi) is 6.17. The van der Waals surface area contributed by atoms with E-state index in [1.165, 1.54) is 14.0 Å². The summed E-state index contributed by atoms with van der Waals surface area (Å²) in [6.45, 7) is 2.45. The van der Waals surface area contributed by atoms with Crippen LogP contribution < -0.4 is 14.8 Å². The highest BCUT2D eigenvalue weighted by Gasteiger charge is 2.26. The number of ether oxygens (including phenoxy) is 2. The van der Waals surface area contributed by atoms with Crippen LogP contribution in [0.3, 0.4) is 0 Å². The zero-order chi connectivity index (χ0) is 17.5. The molecule has 0 saturated carbocycles. The van der Waals surface area contributed by atoms with E-state index in [1.807, 2.05) is 0 Å². The van der Waals surface area contributed by atoms with Crippen LogP contribution in [0, 0.1) is 5.92 Å². The third-order valence-corrected chi connectivity index (χ3v) is 4.01. The lowest BCUT2D eigenvalue weighted by Gasteiger charge is -2.30. The first-order chi connectivity index (χ1) is 11.5. The third kappa shape index (κ3) is 4.71. The summed E-state index contributed by atoms with van der Waals surface area (Å²) in [7, 11) is 1.49. The first-order valence-electron chi connectivity index (χ1n) is 7.88. The van der Waals surface area contributed by atoms with E-state index < -0.39 is 5.97 Å². The summed E-state index contributed by atoms with van der Waals surface area (Å²) in [5.74, 6) is -0.138. The molecule has 7 heteroatoms. The average Bonchev–Trinajstić information content (AvgIpc) is 2.60. The quantitative estimate of drug-likeness (QED) is 0.641. The maximum Gasteiger partial charge on any atom is 0.330 e. The van der Waals surface area contributed by atoms with Crippen molar-refractivity contribution in [1.29, 1.82) is 0 Å². The molecular formula is C17H22N2O5. The Morgan fingerprint density at radius 3 is 2.38 bits per heavy atom. The standard InChI is InChI=1S/C17H22N2O5/c1-12(20)19-9-7-13(8-10-19)17(22)18-11-16(21)24-15-6-4-3-5-14(15)23-2/h3-6,13H,7-11H2,1-2H3,(H,18,22). The fraction of sp³-hybridized carbons (Fsp3) is 0.471. The molecule has 1 heterocycles. The molecule has 0 aliphatic carbocycles. The molecule has 2 rings (SSSR count). The van der Waals surface area contributed by atoms with E-state index in [2.05, 4.69) is 5.32 Å². The Morgan fingerprint density at radius 2 is 1.79 bits per heavy atom. The minimum atomic E-state index is -0.561. The van der Waals surface area contributed by atoms with Crippen LogP contribution in [0.25, 0.3) is 0 Å². The predicted octanol–water partition coefficient (Wildman–Crippen LogP) is 0.975. The van der Waals surface area contributed by atoms with Crippen molar-refractivity contribution < 1.29 is 23.9 Å². The van der Waals surface area contributed by atoms with Crippen LogP contribution in [-0.4, -0.2) is 49.4 Å². The molecular weight excluding hydrogens is 312 g/mol. The van der Waals surface area contributed by atoms with Crippen LogP contribution in [-0.2, 0) is 14.4 Å². The highest BCUT2D eigenvalue weighted by atomic mass is 16.6. The van der Waals surface area contributed by atoms with Crippen molar-refractivity contribution in [3.05, 3.63) is 24.3 Å². The molecule has 1 aromatic rings. The Hall–Kier alpha value is -2.57. The summed E-state index contributed by atoms with van der Waals surface area (Å²) < 4.78 is 10.3. The first kappa shape index (κ1) is 17.8. The van der Waals surface area contributed by atoms with Crippen LogP contribution in [0.4, 0.5) is 0 Å². The van der Waals surface area contributed by atoms with E-state index in [9.17, 15) is 14.4 Å². The largest absolute Gasteiger partial charge is 0.493 e. The van der Waals surface area contributed by atoms with Crippen molar-refractivity contribution in [3.63, 3.8) is 0 Å². The summed E-state index contributed by atoms with van der Waals surface area (Å²) >= 11 is 0. The number of rotatable bonds is 5. The van der Waals surface area contributed by atoms with Gasteiger partial charge in [0.25, 0.3) is 0 Å². The summed E-state index contributed by atoms with van der Waals surface area (Å²) in [6.07, 6.45) is 1.21. The van der Waals surface area contributed by atoms with Crippen molar-refractivity contribution >= 4 is 17.8 Å². The molecule has 1 aliphatic rings. The second kappa shape index (κ2) is 8.33. The van der Waals surface area contributed by atoms with Gasteiger partial charge in [-0.1, -0.05) is 12.1 Å². The maximum absolute atomic E-state index is 12.1. The number of benzene rings is 1. The number of carbonyl (C=O) groups is 3. The SMILES string of the molecule is COc1ccccc1OC(=O)CNC(=O)C1CCN(C(C)=O)CC1. The van der Waals surface area contributed by atoms with E-state index in [1.54, 1.807) is 29.2 Å². The van der Waals surface area contributed by atoms with Crippen LogP contribution in [0.1, 0.15) is 19.8 Å². The molecule has 0 bridgehead atoms. The van der Waals surface area contributed by atoms with Crippen LogP contribution in [0.15, 0.2) is 24.3 Å². The number of methoxy groups -OCH3 is 1. The third-order valence-electron chi connectivity index (χ3n) is 4.01. The summed E-state index contributed by atoms with van der Waals surface area (Å²) in [5.41, 5.74) is 0. The van der Waals surface area contributed by atoms with E-state index in [-0.39, 0.29) is 24.3 Å². The monoisotopic (exact) mass is 334 g/mol. The number of para-hydroxylation sites is 2. The van der Waals surface area contributed by atoms with Gasteiger partial charge in [-0.3, -0.25) is 9.59 Å². The molecule has 1 N–H and O–H groups in total. The average molecular weight is 334 g/mol. The van der Waals surface area contributed by atoms with Crippen LogP contribution in [0.2, 0.25) is 0 Å². The summed E-state index contributed by atoms with van der Waals surface area (Å²) in [5, 5.41) is 2.60. The van der Waals surface area contributed by atoms with E-state index in [0.717, 1.165) is 0 Å². The second-order valence-corrected chi connectivity index (χ2v) is 5.62. The number of carbonyl (C=O) groups excluding carboxylic acids is 3. The number of nitrogens with zero attached hydrogens (tertiary/aromatic N) is 1. The molecule has 0 unspecified atom stereocenters. The van der Waals surface area contributed by atoms with Gasteiger partial charge in [0.15, 0.2) is 11.5 Å². The number of piperidine rings is 1. The number of hydrogen-bond acceptors (Lipinski definition) is 5. The van der Waals surface area contributed by atoms with Crippen molar-refractivity contribution in [2.45, 2.75) is 19.8 Å². The lowest BCUT2D eigenvalue weighted by atomic mass is 9.96. The Morgan fingerprint density at radius 1 is 1.17 bits per heavy atom. The molecule has 130 valence electrons. The number of likely N-dealkylation sites (tertiary alicyclic amines) is 1. The predicted molar refractivity (Wildman–Crippen MR) is 86.6 cm³/mol. The van der Waals surface area contributed by atoms with Crippen molar-refractivity contribution in [3.8, 4) is 11.5 Å². The Bertz CT molecular complexity index is 609. The van der Waals surface area contributed by atoms with Crippen LogP contribution >= 0.6 is 0 Å². The summed E-state index contributed by atoms with van der Waals surface area (Å²) in [6, 6.07) is 6.80. The molecule has 1 aromatic carbocycles. The molecule has 0 atom stereocenters. The van der Waals surface area contributed by atoms with Crippen molar-refractivity contribution in [1.82, 2.24) is 10.2 Å². The lowest BCUT2D eigenvalue weighted by molar-refractivity contribution is -0.137. The molecule has 0 spiro atoms. The molecule has 1 saturated heterocycles. The van der Waals surface area contributed by atoms with Crippen LogP contribution in [0.5, 0.6) is 11.5 Å². The molecule has 0 radical (unpaired) electrons.